The third kappa shape index (κ3) is 2.38. The largest absolute Gasteiger partial charge is 0.506 e. The van der Waals surface area contributed by atoms with E-state index < -0.39 is 0 Å². The Bertz CT molecular complexity index is 527. The zero-order chi connectivity index (χ0) is 13.4. The molecule has 0 bridgehead atoms. The molecule has 3 nitrogen and oxygen atoms in total. The second-order valence-electron chi connectivity index (χ2n) is 5.63. The molecule has 19 heavy (non-hydrogen) atoms. The zero-order valence-corrected chi connectivity index (χ0v) is 12.7. The summed E-state index contributed by atoms with van der Waals surface area (Å²) >= 11 is 3.41. The van der Waals surface area contributed by atoms with Gasteiger partial charge in [-0.2, -0.15) is 0 Å². The number of benzene rings is 1. The first-order valence-electron chi connectivity index (χ1n) is 6.97. The number of aliphatic imine (C=N–C) groups is 1. The maximum atomic E-state index is 10.4. The van der Waals surface area contributed by atoms with E-state index >= 15 is 0 Å². The molecule has 1 aromatic carbocycles. The smallest absolute Gasteiger partial charge is 0.140 e. The highest BCUT2D eigenvalue weighted by molar-refractivity contribution is 9.10. The Kier molecular flexibility index (Phi) is 3.52. The molecule has 1 heterocycles. The highest BCUT2D eigenvalue weighted by Crippen LogP contribution is 2.43. The molecule has 3 rings (SSSR count). The topological polar surface area (TPSA) is 44.6 Å². The monoisotopic (exact) mass is 322 g/mol. The Hall–Kier alpha value is -1.03. The fraction of sp³-hybridized carbons (Fsp3) is 0.533. The number of hydrogen-bond donors (Lipinski definition) is 2. The second kappa shape index (κ2) is 5.16. The Labute approximate surface area is 122 Å². The van der Waals surface area contributed by atoms with Gasteiger partial charge in [0.2, 0.25) is 0 Å². The first-order chi connectivity index (χ1) is 9.16. The van der Waals surface area contributed by atoms with Gasteiger partial charge < -0.3 is 10.4 Å². The SMILES string of the molecule is CC1CCC(c2ccc(Br)c(O)c2C2=NCCN2)C1. The molecule has 2 aliphatic rings. The number of phenolic OH excluding ortho intramolecular Hbond substituents is 1. The van der Waals surface area contributed by atoms with E-state index in [9.17, 15) is 5.11 Å². The van der Waals surface area contributed by atoms with Crippen LogP contribution in [0.25, 0.3) is 0 Å². The van der Waals surface area contributed by atoms with Crippen LogP contribution in [0.4, 0.5) is 0 Å². The van der Waals surface area contributed by atoms with Crippen molar-refractivity contribution in [2.24, 2.45) is 10.9 Å². The van der Waals surface area contributed by atoms with E-state index in [1.165, 1.54) is 24.8 Å². The first kappa shape index (κ1) is 13.0. The molecule has 0 amide bonds. The van der Waals surface area contributed by atoms with Gasteiger partial charge in [0.15, 0.2) is 0 Å². The lowest BCUT2D eigenvalue weighted by Crippen LogP contribution is -2.21. The molecule has 1 aromatic rings. The lowest BCUT2D eigenvalue weighted by molar-refractivity contribution is 0.468. The predicted molar refractivity (Wildman–Crippen MR) is 81.0 cm³/mol. The van der Waals surface area contributed by atoms with Crippen LogP contribution in [-0.4, -0.2) is 24.0 Å². The van der Waals surface area contributed by atoms with Gasteiger partial charge in [-0.05, 0) is 52.2 Å². The second-order valence-corrected chi connectivity index (χ2v) is 6.49. The molecule has 2 N–H and O–H groups in total. The minimum absolute atomic E-state index is 0.324. The fourth-order valence-corrected chi connectivity index (χ4v) is 3.56. The van der Waals surface area contributed by atoms with E-state index in [-0.39, 0.29) is 0 Å². The third-order valence-electron chi connectivity index (χ3n) is 4.21. The highest BCUT2D eigenvalue weighted by Gasteiger charge is 2.28. The van der Waals surface area contributed by atoms with Gasteiger partial charge in [-0.25, -0.2) is 0 Å². The summed E-state index contributed by atoms with van der Waals surface area (Å²) in [6.45, 7) is 3.97. The van der Waals surface area contributed by atoms with Gasteiger partial charge in [-0.3, -0.25) is 4.99 Å². The minimum atomic E-state index is 0.324. The molecule has 102 valence electrons. The molecular weight excluding hydrogens is 304 g/mol. The maximum Gasteiger partial charge on any atom is 0.140 e. The van der Waals surface area contributed by atoms with Crippen LogP contribution in [0.1, 0.15) is 43.2 Å². The molecule has 2 atom stereocenters. The number of rotatable bonds is 2. The Morgan fingerprint density at radius 2 is 2.21 bits per heavy atom. The van der Waals surface area contributed by atoms with Crippen molar-refractivity contribution < 1.29 is 5.11 Å². The first-order valence-corrected chi connectivity index (χ1v) is 7.76. The van der Waals surface area contributed by atoms with Crippen LogP contribution in [0.3, 0.4) is 0 Å². The normalized spacial score (nSPS) is 26.3. The number of phenols is 1. The summed E-state index contributed by atoms with van der Waals surface area (Å²) in [7, 11) is 0. The molecule has 1 fully saturated rings. The zero-order valence-electron chi connectivity index (χ0n) is 11.1. The summed E-state index contributed by atoms with van der Waals surface area (Å²) in [5.41, 5.74) is 2.16. The van der Waals surface area contributed by atoms with Crippen molar-refractivity contribution in [2.45, 2.75) is 32.1 Å². The fourth-order valence-electron chi connectivity index (χ4n) is 3.23. The van der Waals surface area contributed by atoms with Gasteiger partial charge in [0.25, 0.3) is 0 Å². The van der Waals surface area contributed by atoms with Crippen LogP contribution >= 0.6 is 15.9 Å². The van der Waals surface area contributed by atoms with Crippen molar-refractivity contribution in [3.63, 3.8) is 0 Å². The van der Waals surface area contributed by atoms with Gasteiger partial charge in [0.1, 0.15) is 11.6 Å². The number of amidine groups is 1. The van der Waals surface area contributed by atoms with Crippen molar-refractivity contribution in [3.8, 4) is 5.75 Å². The van der Waals surface area contributed by atoms with Crippen LogP contribution in [0.15, 0.2) is 21.6 Å². The molecule has 1 aliphatic heterocycles. The minimum Gasteiger partial charge on any atom is -0.506 e. The number of nitrogens with one attached hydrogen (secondary N) is 1. The molecule has 2 unspecified atom stereocenters. The summed E-state index contributed by atoms with van der Waals surface area (Å²) in [6.07, 6.45) is 3.70. The molecule has 0 spiro atoms. The Morgan fingerprint density at radius 3 is 2.84 bits per heavy atom. The van der Waals surface area contributed by atoms with Gasteiger partial charge in [0.05, 0.1) is 16.6 Å². The van der Waals surface area contributed by atoms with E-state index in [0.717, 1.165) is 34.9 Å². The maximum absolute atomic E-state index is 10.4. The van der Waals surface area contributed by atoms with Crippen molar-refractivity contribution >= 4 is 21.8 Å². The van der Waals surface area contributed by atoms with Crippen molar-refractivity contribution in [1.82, 2.24) is 5.32 Å². The summed E-state index contributed by atoms with van der Waals surface area (Å²) in [5, 5.41) is 13.7. The average Bonchev–Trinajstić information content (AvgIpc) is 3.03. The summed E-state index contributed by atoms with van der Waals surface area (Å²) in [5.74, 6) is 2.51. The number of aromatic hydroxyl groups is 1. The molecule has 1 aliphatic carbocycles. The number of hydrogen-bond acceptors (Lipinski definition) is 3. The van der Waals surface area contributed by atoms with Crippen molar-refractivity contribution in [2.75, 3.05) is 13.1 Å². The van der Waals surface area contributed by atoms with E-state index in [1.54, 1.807) is 0 Å². The summed E-state index contributed by atoms with van der Waals surface area (Å²) < 4.78 is 0.744. The standard InChI is InChI=1S/C15H19BrN2O/c1-9-2-3-10(8-9)11-4-5-12(16)14(19)13(11)15-17-6-7-18-15/h4-5,9-10,19H,2-3,6-8H2,1H3,(H,17,18). The van der Waals surface area contributed by atoms with Gasteiger partial charge in [-0.1, -0.05) is 19.4 Å². The molecule has 0 radical (unpaired) electrons. The van der Waals surface area contributed by atoms with Gasteiger partial charge in [0, 0.05) is 6.54 Å². The number of halogens is 1. The van der Waals surface area contributed by atoms with E-state index in [0.29, 0.717) is 11.7 Å². The van der Waals surface area contributed by atoms with Crippen LogP contribution < -0.4 is 5.32 Å². The molecule has 0 saturated heterocycles. The van der Waals surface area contributed by atoms with Crippen molar-refractivity contribution in [1.29, 1.82) is 0 Å². The van der Waals surface area contributed by atoms with Crippen LogP contribution in [0, 0.1) is 5.92 Å². The molecule has 4 heteroatoms. The van der Waals surface area contributed by atoms with Crippen LogP contribution in [0.2, 0.25) is 0 Å². The molecule has 0 aromatic heterocycles. The quantitative estimate of drug-likeness (QED) is 0.876. The molecule has 1 saturated carbocycles. The van der Waals surface area contributed by atoms with Crippen LogP contribution in [-0.2, 0) is 0 Å². The Morgan fingerprint density at radius 1 is 1.37 bits per heavy atom. The lowest BCUT2D eigenvalue weighted by atomic mass is 9.91. The van der Waals surface area contributed by atoms with Gasteiger partial charge in [-0.15, -0.1) is 0 Å². The summed E-state index contributed by atoms with van der Waals surface area (Å²) in [4.78, 5) is 4.48. The predicted octanol–water partition coefficient (Wildman–Crippen LogP) is 3.41. The van der Waals surface area contributed by atoms with Crippen molar-refractivity contribution in [3.05, 3.63) is 27.7 Å². The summed E-state index contributed by atoms with van der Waals surface area (Å²) in [6, 6.07) is 4.09. The van der Waals surface area contributed by atoms with E-state index in [1.807, 2.05) is 6.07 Å². The van der Waals surface area contributed by atoms with E-state index in [4.69, 9.17) is 0 Å². The van der Waals surface area contributed by atoms with Crippen LogP contribution in [0.5, 0.6) is 5.75 Å². The lowest BCUT2D eigenvalue weighted by Gasteiger charge is -2.18. The Balaban J connectivity index is 2.06. The molecular formula is C15H19BrN2O. The van der Waals surface area contributed by atoms with E-state index in [2.05, 4.69) is 39.2 Å². The third-order valence-corrected chi connectivity index (χ3v) is 4.85. The van der Waals surface area contributed by atoms with Gasteiger partial charge >= 0.3 is 0 Å². The average molecular weight is 323 g/mol. The highest BCUT2D eigenvalue weighted by atomic mass is 79.9. The number of nitrogens with zero attached hydrogens (tertiary/aromatic N) is 1.